The standard InChI is InChI=1S/C22H24N2O3S/c1-27-18-8-5-9-19-20(18)23-22(28-19)21(26)16-10-12-24(13-11-16)14-17(25)15-6-3-2-4-7-15/h3,5-9,16H,2,4,10-14H2,1H3. The summed E-state index contributed by atoms with van der Waals surface area (Å²) in [5.74, 6) is 0.977. The summed E-state index contributed by atoms with van der Waals surface area (Å²) < 4.78 is 6.32. The van der Waals surface area contributed by atoms with Crippen molar-refractivity contribution in [3.63, 3.8) is 0 Å². The molecule has 0 radical (unpaired) electrons. The highest BCUT2D eigenvalue weighted by Gasteiger charge is 2.29. The first-order valence-electron chi connectivity index (χ1n) is 9.75. The van der Waals surface area contributed by atoms with E-state index < -0.39 is 0 Å². The Bertz CT molecular complexity index is 952. The number of Topliss-reactive ketones (excluding diaryl/α,β-unsaturated/α-hetero) is 2. The molecule has 0 unspecified atom stereocenters. The smallest absolute Gasteiger partial charge is 0.194 e. The number of ether oxygens (including phenoxy) is 1. The highest BCUT2D eigenvalue weighted by molar-refractivity contribution is 7.20. The van der Waals surface area contributed by atoms with Crippen molar-refractivity contribution in [2.24, 2.45) is 5.92 Å². The summed E-state index contributed by atoms with van der Waals surface area (Å²) in [6.07, 6.45) is 9.53. The molecular formula is C22H24N2O3S. The molecule has 0 spiro atoms. The maximum absolute atomic E-state index is 12.9. The number of carbonyl (C=O) groups excluding carboxylic acids is 2. The molecule has 2 aliphatic rings. The molecule has 0 saturated carbocycles. The van der Waals surface area contributed by atoms with Gasteiger partial charge in [-0.1, -0.05) is 24.3 Å². The Morgan fingerprint density at radius 3 is 2.79 bits per heavy atom. The summed E-state index contributed by atoms with van der Waals surface area (Å²) in [5.41, 5.74) is 1.59. The molecule has 1 saturated heterocycles. The van der Waals surface area contributed by atoms with Crippen LogP contribution in [0.5, 0.6) is 5.75 Å². The van der Waals surface area contributed by atoms with Crippen molar-refractivity contribution in [1.29, 1.82) is 0 Å². The minimum absolute atomic E-state index is 0.0216. The average molecular weight is 397 g/mol. The van der Waals surface area contributed by atoms with Crippen molar-refractivity contribution in [2.45, 2.75) is 25.7 Å². The number of carbonyl (C=O) groups is 2. The van der Waals surface area contributed by atoms with Crippen LogP contribution >= 0.6 is 11.3 Å². The molecule has 0 atom stereocenters. The number of rotatable bonds is 6. The lowest BCUT2D eigenvalue weighted by molar-refractivity contribution is -0.116. The van der Waals surface area contributed by atoms with E-state index in [1.54, 1.807) is 7.11 Å². The van der Waals surface area contributed by atoms with Crippen LogP contribution in [0.3, 0.4) is 0 Å². The maximum Gasteiger partial charge on any atom is 0.194 e. The van der Waals surface area contributed by atoms with Crippen LogP contribution in [0.4, 0.5) is 0 Å². The fourth-order valence-electron chi connectivity index (χ4n) is 3.84. The zero-order chi connectivity index (χ0) is 19.5. The summed E-state index contributed by atoms with van der Waals surface area (Å²) >= 11 is 1.44. The molecule has 0 N–H and O–H groups in total. The molecule has 146 valence electrons. The van der Waals surface area contributed by atoms with Gasteiger partial charge >= 0.3 is 0 Å². The average Bonchev–Trinajstić information content (AvgIpc) is 3.19. The quantitative estimate of drug-likeness (QED) is 0.690. The van der Waals surface area contributed by atoms with Gasteiger partial charge in [-0.3, -0.25) is 14.5 Å². The van der Waals surface area contributed by atoms with E-state index >= 15 is 0 Å². The molecular weight excluding hydrogens is 372 g/mol. The zero-order valence-corrected chi connectivity index (χ0v) is 16.8. The van der Waals surface area contributed by atoms with Gasteiger partial charge in [0.2, 0.25) is 0 Å². The molecule has 1 aliphatic heterocycles. The molecule has 2 aromatic rings. The van der Waals surface area contributed by atoms with Crippen molar-refractivity contribution >= 4 is 33.1 Å². The Morgan fingerprint density at radius 1 is 1.25 bits per heavy atom. The molecule has 1 aromatic carbocycles. The first kappa shape index (κ1) is 19.0. The first-order chi connectivity index (χ1) is 13.7. The predicted molar refractivity (Wildman–Crippen MR) is 111 cm³/mol. The fraction of sp³-hybridized carbons (Fsp3) is 0.409. The summed E-state index contributed by atoms with van der Waals surface area (Å²) in [5, 5.41) is 0.562. The molecule has 0 bridgehead atoms. The number of methoxy groups -OCH3 is 1. The van der Waals surface area contributed by atoms with Crippen LogP contribution in [-0.4, -0.2) is 48.2 Å². The van der Waals surface area contributed by atoms with Crippen molar-refractivity contribution < 1.29 is 14.3 Å². The van der Waals surface area contributed by atoms with Crippen LogP contribution in [0.1, 0.15) is 35.5 Å². The molecule has 28 heavy (non-hydrogen) atoms. The molecule has 1 aromatic heterocycles. The summed E-state index contributed by atoms with van der Waals surface area (Å²) in [6.45, 7) is 1.98. The molecule has 6 heteroatoms. The number of ketones is 2. The van der Waals surface area contributed by atoms with E-state index in [9.17, 15) is 9.59 Å². The maximum atomic E-state index is 12.9. The van der Waals surface area contributed by atoms with Crippen molar-refractivity contribution in [3.8, 4) is 5.75 Å². The van der Waals surface area contributed by atoms with Crippen molar-refractivity contribution in [1.82, 2.24) is 9.88 Å². The van der Waals surface area contributed by atoms with Crippen molar-refractivity contribution in [2.75, 3.05) is 26.7 Å². The van der Waals surface area contributed by atoms with E-state index in [0.717, 1.165) is 54.6 Å². The number of likely N-dealkylation sites (tertiary alicyclic amines) is 1. The molecule has 4 rings (SSSR count). The van der Waals surface area contributed by atoms with Crippen LogP contribution < -0.4 is 4.74 Å². The van der Waals surface area contributed by atoms with E-state index in [2.05, 4.69) is 16.0 Å². The number of para-hydroxylation sites is 1. The van der Waals surface area contributed by atoms with E-state index in [-0.39, 0.29) is 17.5 Å². The number of hydrogen-bond donors (Lipinski definition) is 0. The van der Waals surface area contributed by atoms with Crippen LogP contribution in [0.25, 0.3) is 10.2 Å². The largest absolute Gasteiger partial charge is 0.494 e. The third-order valence-corrected chi connectivity index (χ3v) is 6.49. The van der Waals surface area contributed by atoms with E-state index in [0.29, 0.717) is 17.3 Å². The lowest BCUT2D eigenvalue weighted by Gasteiger charge is -2.30. The summed E-state index contributed by atoms with van der Waals surface area (Å²) in [7, 11) is 1.62. The minimum Gasteiger partial charge on any atom is -0.494 e. The highest BCUT2D eigenvalue weighted by Crippen LogP contribution is 2.32. The summed E-state index contributed by atoms with van der Waals surface area (Å²) in [4.78, 5) is 32.1. The number of fused-ring (bicyclic) bond motifs is 1. The first-order valence-corrected chi connectivity index (χ1v) is 10.6. The number of hydrogen-bond acceptors (Lipinski definition) is 6. The highest BCUT2D eigenvalue weighted by atomic mass is 32.1. The minimum atomic E-state index is -0.0216. The molecule has 0 amide bonds. The van der Waals surface area contributed by atoms with Crippen LogP contribution in [0.15, 0.2) is 42.0 Å². The van der Waals surface area contributed by atoms with Crippen molar-refractivity contribution in [3.05, 3.63) is 47.0 Å². The van der Waals surface area contributed by atoms with E-state index in [1.165, 1.54) is 11.3 Å². The number of thiazole rings is 1. The van der Waals surface area contributed by atoms with Gasteiger partial charge in [0, 0.05) is 11.5 Å². The SMILES string of the molecule is COc1cccc2sc(C(=O)C3CCN(CC(=O)C4=CCCC=C4)CC3)nc12. The Hall–Kier alpha value is -2.31. The van der Waals surface area contributed by atoms with Crippen LogP contribution in [0.2, 0.25) is 0 Å². The van der Waals surface area contributed by atoms with E-state index in [4.69, 9.17) is 4.74 Å². The third kappa shape index (κ3) is 3.93. The van der Waals surface area contributed by atoms with Gasteiger partial charge in [-0.2, -0.15) is 0 Å². The number of nitrogens with zero attached hydrogens (tertiary/aromatic N) is 2. The van der Waals surface area contributed by atoms with Gasteiger partial charge in [-0.15, -0.1) is 11.3 Å². The van der Waals surface area contributed by atoms with Gasteiger partial charge in [0.25, 0.3) is 0 Å². The van der Waals surface area contributed by atoms with Gasteiger partial charge in [0.1, 0.15) is 11.3 Å². The number of benzene rings is 1. The fourth-order valence-corrected chi connectivity index (χ4v) is 4.84. The second-order valence-corrected chi connectivity index (χ2v) is 8.33. The second-order valence-electron chi connectivity index (χ2n) is 7.30. The topological polar surface area (TPSA) is 59.5 Å². The molecule has 2 heterocycles. The molecule has 1 aliphatic carbocycles. The molecule has 5 nitrogen and oxygen atoms in total. The Morgan fingerprint density at radius 2 is 2.07 bits per heavy atom. The third-order valence-electron chi connectivity index (χ3n) is 5.46. The summed E-state index contributed by atoms with van der Waals surface area (Å²) in [6, 6.07) is 5.75. The van der Waals surface area contributed by atoms with Gasteiger partial charge in [-0.05, 0) is 50.9 Å². The van der Waals surface area contributed by atoms with Crippen LogP contribution in [-0.2, 0) is 4.79 Å². The van der Waals surface area contributed by atoms with Gasteiger partial charge in [0.15, 0.2) is 16.6 Å². The van der Waals surface area contributed by atoms with Gasteiger partial charge < -0.3 is 4.74 Å². The Labute approximate surface area is 168 Å². The number of aromatic nitrogens is 1. The number of piperidine rings is 1. The normalized spacial score (nSPS) is 18.2. The Kier molecular flexibility index (Phi) is 5.69. The van der Waals surface area contributed by atoms with Crippen LogP contribution in [0, 0.1) is 5.92 Å². The number of allylic oxidation sites excluding steroid dienone is 3. The zero-order valence-electron chi connectivity index (χ0n) is 16.0. The second kappa shape index (κ2) is 8.37. The lowest BCUT2D eigenvalue weighted by atomic mass is 9.92. The van der Waals surface area contributed by atoms with Gasteiger partial charge in [-0.25, -0.2) is 4.98 Å². The van der Waals surface area contributed by atoms with Gasteiger partial charge in [0.05, 0.1) is 18.4 Å². The monoisotopic (exact) mass is 396 g/mol. The predicted octanol–water partition coefficient (Wildman–Crippen LogP) is 4.05. The molecule has 1 fully saturated rings. The van der Waals surface area contributed by atoms with E-state index in [1.807, 2.05) is 30.4 Å². The lowest BCUT2D eigenvalue weighted by Crippen LogP contribution is -2.39. The Balaban J connectivity index is 1.37.